The first kappa shape index (κ1) is 37.4. The SMILES string of the molecule is COC(=O)C[C@@H]1COc2cc(C)ccc21.COC(=O)C[C@@H]1COc2cc(O)ccc21.O=S(=O)(OS(=O)(=O)C(F)(F)F)C(F)(F)F. The first-order chi connectivity index (χ1) is 20.6. The summed E-state index contributed by atoms with van der Waals surface area (Å²) in [6.45, 7) is 3.07. The van der Waals surface area contributed by atoms with Gasteiger partial charge in [0.25, 0.3) is 0 Å². The average molecular weight is 697 g/mol. The minimum atomic E-state index is -6.85. The normalized spacial score (nSPS) is 17.2. The Labute approximate surface area is 253 Å². The van der Waals surface area contributed by atoms with Crippen molar-refractivity contribution in [1.29, 1.82) is 0 Å². The van der Waals surface area contributed by atoms with Gasteiger partial charge >= 0.3 is 43.2 Å². The number of fused-ring (bicyclic) bond motifs is 2. The van der Waals surface area contributed by atoms with Crippen LogP contribution in [0.2, 0.25) is 0 Å². The lowest BCUT2D eigenvalue weighted by Gasteiger charge is -2.09. The van der Waals surface area contributed by atoms with E-state index in [-0.39, 0.29) is 29.5 Å². The summed E-state index contributed by atoms with van der Waals surface area (Å²) >= 11 is 0. The van der Waals surface area contributed by atoms with Crippen molar-refractivity contribution in [3.05, 3.63) is 53.1 Å². The molecular formula is C25H26F6O12S2. The second kappa shape index (κ2) is 14.5. The smallest absolute Gasteiger partial charge is 0.508 e. The fraction of sp³-hybridized carbons (Fsp3) is 0.440. The monoisotopic (exact) mass is 696 g/mol. The van der Waals surface area contributed by atoms with Crippen LogP contribution >= 0.6 is 0 Å². The second-order valence-corrected chi connectivity index (χ2v) is 12.5. The van der Waals surface area contributed by atoms with Gasteiger partial charge in [-0.3, -0.25) is 9.59 Å². The molecule has 12 nitrogen and oxygen atoms in total. The molecule has 252 valence electrons. The number of halogens is 6. The summed E-state index contributed by atoms with van der Waals surface area (Å²) in [4.78, 5) is 22.3. The molecule has 0 radical (unpaired) electrons. The number of carbonyl (C=O) groups excluding carboxylic acids is 2. The van der Waals surface area contributed by atoms with Gasteiger partial charge in [0.2, 0.25) is 0 Å². The molecule has 2 aliphatic rings. The van der Waals surface area contributed by atoms with E-state index >= 15 is 0 Å². The molecule has 0 bridgehead atoms. The van der Waals surface area contributed by atoms with E-state index in [4.69, 9.17) is 9.47 Å². The lowest BCUT2D eigenvalue weighted by atomic mass is 9.97. The van der Waals surface area contributed by atoms with E-state index in [0.29, 0.717) is 31.8 Å². The number of ether oxygens (including phenoxy) is 4. The summed E-state index contributed by atoms with van der Waals surface area (Å²) in [7, 11) is -10.9. The Bertz CT molecular complexity index is 1470. The van der Waals surface area contributed by atoms with Gasteiger partial charge in [0.15, 0.2) is 0 Å². The third-order valence-corrected chi connectivity index (χ3v) is 8.52. The highest BCUT2D eigenvalue weighted by molar-refractivity contribution is 8.00. The lowest BCUT2D eigenvalue weighted by Crippen LogP contribution is -2.34. The molecule has 2 aliphatic heterocycles. The molecule has 0 spiro atoms. The number of hydrogen-bond donors (Lipinski definition) is 1. The molecule has 45 heavy (non-hydrogen) atoms. The zero-order valence-corrected chi connectivity index (χ0v) is 25.1. The number of hydrogen-bond acceptors (Lipinski definition) is 12. The first-order valence-corrected chi connectivity index (χ1v) is 15.1. The topological polar surface area (TPSA) is 169 Å². The van der Waals surface area contributed by atoms with Gasteiger partial charge in [-0.1, -0.05) is 18.2 Å². The molecule has 2 aromatic carbocycles. The van der Waals surface area contributed by atoms with Crippen molar-refractivity contribution in [1.82, 2.24) is 0 Å². The van der Waals surface area contributed by atoms with Gasteiger partial charge in [-0.2, -0.15) is 43.2 Å². The Morgan fingerprint density at radius 2 is 1.18 bits per heavy atom. The quantitative estimate of drug-likeness (QED) is 0.260. The average Bonchev–Trinajstić information content (AvgIpc) is 3.50. The fourth-order valence-electron chi connectivity index (χ4n) is 3.75. The Kier molecular flexibility index (Phi) is 12.1. The van der Waals surface area contributed by atoms with Gasteiger partial charge in [0, 0.05) is 29.0 Å². The Morgan fingerprint density at radius 1 is 0.778 bits per heavy atom. The zero-order valence-electron chi connectivity index (χ0n) is 23.5. The van der Waals surface area contributed by atoms with E-state index in [9.17, 15) is 57.9 Å². The molecule has 20 heteroatoms. The number of esters is 2. The number of phenolic OH excluding ortho intramolecular Hbond substituents is 1. The van der Waals surface area contributed by atoms with Crippen molar-refractivity contribution in [2.45, 2.75) is 42.6 Å². The molecule has 0 aromatic heterocycles. The highest BCUT2D eigenvalue weighted by Gasteiger charge is 2.57. The van der Waals surface area contributed by atoms with Gasteiger partial charge in [0.1, 0.15) is 17.2 Å². The van der Waals surface area contributed by atoms with Crippen LogP contribution in [0.25, 0.3) is 0 Å². The van der Waals surface area contributed by atoms with Crippen molar-refractivity contribution in [2.75, 3.05) is 27.4 Å². The van der Waals surface area contributed by atoms with Crippen LogP contribution in [0.4, 0.5) is 26.3 Å². The van der Waals surface area contributed by atoms with Crippen LogP contribution in [0.5, 0.6) is 17.2 Å². The summed E-state index contributed by atoms with van der Waals surface area (Å²) in [5, 5.41) is 9.24. The number of benzene rings is 2. The van der Waals surface area contributed by atoms with E-state index < -0.39 is 31.3 Å². The predicted octanol–water partition coefficient (Wildman–Crippen LogP) is 4.17. The van der Waals surface area contributed by atoms with Crippen molar-refractivity contribution >= 4 is 32.2 Å². The minimum Gasteiger partial charge on any atom is -0.508 e. The van der Waals surface area contributed by atoms with Crippen LogP contribution in [0.3, 0.4) is 0 Å². The highest BCUT2D eigenvalue weighted by atomic mass is 32.3. The number of methoxy groups -OCH3 is 2. The number of alkyl halides is 6. The maximum absolute atomic E-state index is 11.4. The standard InChI is InChI=1S/C12H14O3.C11H12O4.C2F6O5S2/c1-8-3-4-10-9(6-12(13)14-2)7-15-11(10)5-8;1-14-11(13)4-7-6-15-10-5-8(12)2-3-9(7)10;3-1(4,5)14(9,10)13-15(11,12)2(6,7)8/h3-5,9H,6-7H2,1-2H3;2-3,5,7,12H,4,6H2,1H3;/t9-;7-;/m11./s1. The lowest BCUT2D eigenvalue weighted by molar-refractivity contribution is -0.142. The van der Waals surface area contributed by atoms with Crippen LogP contribution in [0.1, 0.15) is 41.4 Å². The van der Waals surface area contributed by atoms with E-state index in [1.807, 2.05) is 28.8 Å². The maximum Gasteiger partial charge on any atom is 0.524 e. The van der Waals surface area contributed by atoms with Crippen molar-refractivity contribution < 1.29 is 80.5 Å². The summed E-state index contributed by atoms with van der Waals surface area (Å²) in [6, 6.07) is 11.0. The number of rotatable bonds is 6. The van der Waals surface area contributed by atoms with Crippen molar-refractivity contribution in [3.63, 3.8) is 0 Å². The molecule has 0 unspecified atom stereocenters. The summed E-state index contributed by atoms with van der Waals surface area (Å²) in [6.07, 6.45) is 0.709. The summed E-state index contributed by atoms with van der Waals surface area (Å²) in [5.74, 6) is 1.49. The second-order valence-electron chi connectivity index (χ2n) is 9.21. The zero-order chi connectivity index (χ0) is 34.4. The number of carbonyl (C=O) groups is 2. The molecule has 1 N–H and O–H groups in total. The van der Waals surface area contributed by atoms with E-state index in [1.54, 1.807) is 18.2 Å². The molecule has 4 rings (SSSR count). The van der Waals surface area contributed by atoms with Gasteiger partial charge in [-0.15, -0.1) is 3.63 Å². The van der Waals surface area contributed by atoms with Crippen molar-refractivity contribution in [2.24, 2.45) is 0 Å². The predicted molar refractivity (Wildman–Crippen MR) is 140 cm³/mol. The van der Waals surface area contributed by atoms with Gasteiger partial charge in [-0.25, -0.2) is 0 Å². The van der Waals surface area contributed by atoms with Gasteiger partial charge in [0.05, 0.1) is 40.3 Å². The summed E-state index contributed by atoms with van der Waals surface area (Å²) < 4.78 is 130. The molecule has 0 amide bonds. The van der Waals surface area contributed by atoms with Gasteiger partial charge in [-0.05, 0) is 24.6 Å². The molecule has 2 heterocycles. The summed E-state index contributed by atoms with van der Waals surface area (Å²) in [5.41, 5.74) is -9.27. The number of aryl methyl sites for hydroxylation is 1. The van der Waals surface area contributed by atoms with Crippen LogP contribution < -0.4 is 9.47 Å². The third kappa shape index (κ3) is 10.1. The van der Waals surface area contributed by atoms with E-state index in [0.717, 1.165) is 16.9 Å². The van der Waals surface area contributed by atoms with Crippen LogP contribution in [0, 0.1) is 6.92 Å². The highest BCUT2D eigenvalue weighted by Crippen LogP contribution is 2.38. The molecule has 0 aliphatic carbocycles. The molecule has 2 atom stereocenters. The Morgan fingerprint density at radius 3 is 1.58 bits per heavy atom. The Hall–Kier alpha value is -3.78. The minimum absolute atomic E-state index is 0.0352. The molecule has 0 saturated heterocycles. The fourth-order valence-corrected chi connectivity index (χ4v) is 5.31. The molecule has 0 saturated carbocycles. The number of aromatic hydroxyl groups is 1. The third-order valence-electron chi connectivity index (χ3n) is 5.95. The van der Waals surface area contributed by atoms with Crippen LogP contribution in [-0.4, -0.2) is 72.3 Å². The van der Waals surface area contributed by atoms with Crippen LogP contribution in [-0.2, 0) is 42.9 Å². The number of phenols is 1. The van der Waals surface area contributed by atoms with Crippen LogP contribution in [0.15, 0.2) is 36.4 Å². The molecule has 0 fully saturated rings. The van der Waals surface area contributed by atoms with Crippen molar-refractivity contribution in [3.8, 4) is 17.2 Å². The molecular weight excluding hydrogens is 670 g/mol. The largest absolute Gasteiger partial charge is 0.524 e. The Balaban J connectivity index is 0.000000235. The first-order valence-electron chi connectivity index (χ1n) is 12.3. The maximum atomic E-state index is 11.4. The van der Waals surface area contributed by atoms with E-state index in [2.05, 4.69) is 9.47 Å². The van der Waals surface area contributed by atoms with Gasteiger partial charge < -0.3 is 24.1 Å². The van der Waals surface area contributed by atoms with E-state index in [1.165, 1.54) is 19.8 Å². The molecule has 2 aromatic rings.